The molecule has 6 aromatic rings. The quantitative estimate of drug-likeness (QED) is 0.197. The van der Waals surface area contributed by atoms with E-state index in [0.717, 1.165) is 16.7 Å². The highest BCUT2D eigenvalue weighted by Gasteiger charge is 2.41. The normalized spacial score (nSPS) is 14.5. The Hall–Kier alpha value is -5.33. The fourth-order valence-electron chi connectivity index (χ4n) is 7.00. The van der Waals surface area contributed by atoms with Crippen LogP contribution in [0.2, 0.25) is 0 Å². The van der Waals surface area contributed by atoms with E-state index in [2.05, 4.69) is 94.1 Å². The lowest BCUT2D eigenvalue weighted by Gasteiger charge is -2.24. The van der Waals surface area contributed by atoms with Crippen molar-refractivity contribution >= 4 is 0 Å². The number of fused-ring (bicyclic) bond motifs is 6. The Morgan fingerprint density at radius 1 is 0.432 bits per heavy atom. The summed E-state index contributed by atoms with van der Waals surface area (Å²) in [4.78, 5) is 14.3. The van der Waals surface area contributed by atoms with E-state index in [1.54, 1.807) is 0 Å². The highest BCUT2D eigenvalue weighted by atomic mass is 15.0. The van der Waals surface area contributed by atoms with Gasteiger partial charge in [-0.25, -0.2) is 15.0 Å². The fraction of sp³-hybridized carbons (Fsp3) is 0.146. The van der Waals surface area contributed by atoms with Gasteiger partial charge in [-0.05, 0) is 74.7 Å². The van der Waals surface area contributed by atoms with Crippen LogP contribution in [-0.2, 0) is 10.8 Å². The Kier molecular flexibility index (Phi) is 5.74. The van der Waals surface area contributed by atoms with Gasteiger partial charge < -0.3 is 0 Å². The zero-order valence-electron chi connectivity index (χ0n) is 25.3. The number of hydrogen-bond donors (Lipinski definition) is 0. The number of aromatic nitrogens is 3. The highest BCUT2D eigenvalue weighted by molar-refractivity contribution is 5.89. The van der Waals surface area contributed by atoms with Crippen molar-refractivity contribution in [2.45, 2.75) is 38.5 Å². The number of hydrogen-bond acceptors (Lipinski definition) is 3. The first-order chi connectivity index (χ1) is 21.3. The third-order valence-corrected chi connectivity index (χ3v) is 9.40. The Balaban J connectivity index is 1.20. The Morgan fingerprint density at radius 3 is 1.55 bits per heavy atom. The summed E-state index contributed by atoms with van der Waals surface area (Å²) >= 11 is 0. The predicted octanol–water partition coefficient (Wildman–Crippen LogP) is 9.22. The zero-order chi connectivity index (χ0) is 30.1. The lowest BCUT2D eigenvalue weighted by molar-refractivity contribution is 0.652. The van der Waals surface area contributed by atoms with Gasteiger partial charge in [0.25, 0.3) is 0 Å². The molecule has 3 nitrogen and oxygen atoms in total. The van der Waals surface area contributed by atoms with Crippen molar-refractivity contribution in [3.8, 4) is 56.9 Å². The van der Waals surface area contributed by atoms with Crippen LogP contribution in [0.1, 0.15) is 61.3 Å². The summed E-state index contributed by atoms with van der Waals surface area (Å²) in [6.45, 7) is 9.35. The molecular formula is C41H31N3. The van der Waals surface area contributed by atoms with Crippen LogP contribution in [0, 0.1) is 11.8 Å². The molecule has 44 heavy (non-hydrogen) atoms. The summed E-state index contributed by atoms with van der Waals surface area (Å²) in [6, 6.07) is 40.4. The zero-order valence-corrected chi connectivity index (χ0v) is 25.3. The second-order valence-electron chi connectivity index (χ2n) is 12.8. The smallest absolute Gasteiger partial charge is 0.208 e. The molecular weight excluding hydrogens is 534 g/mol. The molecule has 0 saturated heterocycles. The van der Waals surface area contributed by atoms with Crippen molar-refractivity contribution in [1.82, 2.24) is 15.0 Å². The number of benzene rings is 5. The molecule has 1 aromatic heterocycles. The summed E-state index contributed by atoms with van der Waals surface area (Å²) in [5, 5.41) is 0. The topological polar surface area (TPSA) is 38.7 Å². The van der Waals surface area contributed by atoms with Gasteiger partial charge in [0.2, 0.25) is 5.82 Å². The van der Waals surface area contributed by atoms with Gasteiger partial charge in [0.1, 0.15) is 0 Å². The van der Waals surface area contributed by atoms with Gasteiger partial charge in [-0.2, -0.15) is 0 Å². The van der Waals surface area contributed by atoms with Crippen LogP contribution in [0.5, 0.6) is 0 Å². The van der Waals surface area contributed by atoms with Crippen molar-refractivity contribution in [3.63, 3.8) is 0 Å². The minimum absolute atomic E-state index is 0.0268. The molecule has 210 valence electrons. The average Bonchev–Trinajstić information content (AvgIpc) is 3.42. The first kappa shape index (κ1) is 26.3. The van der Waals surface area contributed by atoms with E-state index in [9.17, 15) is 0 Å². The van der Waals surface area contributed by atoms with Crippen molar-refractivity contribution < 1.29 is 0 Å². The number of rotatable bonds is 2. The van der Waals surface area contributed by atoms with E-state index in [-0.39, 0.29) is 10.8 Å². The van der Waals surface area contributed by atoms with Crippen LogP contribution in [0.3, 0.4) is 0 Å². The summed E-state index contributed by atoms with van der Waals surface area (Å²) in [5.41, 5.74) is 13.5. The third-order valence-electron chi connectivity index (χ3n) is 9.40. The maximum atomic E-state index is 4.78. The molecule has 0 unspecified atom stereocenters. The summed E-state index contributed by atoms with van der Waals surface area (Å²) in [7, 11) is 0. The van der Waals surface area contributed by atoms with Gasteiger partial charge in [-0.3, -0.25) is 0 Å². The van der Waals surface area contributed by atoms with Crippen LogP contribution < -0.4 is 0 Å². The standard InChI is InChI=1S/C41H31N3/c1-40(2)33-18-12-11-17-29(33)31-24-36-32(25-35(31)40)30-21-19-26(23-34(30)41(36,3)4)20-22-37-42-38(27-13-7-5-8-14-27)44-39(43-37)28-15-9-6-10-16-28/h5-19,21,23-25H,1-4H3. The third kappa shape index (κ3) is 4.02. The monoisotopic (exact) mass is 565 g/mol. The predicted molar refractivity (Wildman–Crippen MR) is 178 cm³/mol. The summed E-state index contributed by atoms with van der Waals surface area (Å²) in [6.07, 6.45) is 0. The van der Waals surface area contributed by atoms with Crippen LogP contribution in [0.15, 0.2) is 115 Å². The first-order valence-electron chi connectivity index (χ1n) is 15.1. The van der Waals surface area contributed by atoms with Crippen LogP contribution in [-0.4, -0.2) is 15.0 Å². The first-order valence-corrected chi connectivity index (χ1v) is 15.1. The van der Waals surface area contributed by atoms with Crippen LogP contribution in [0.25, 0.3) is 45.0 Å². The second-order valence-corrected chi connectivity index (χ2v) is 12.8. The Bertz CT molecular complexity index is 2110. The molecule has 0 amide bonds. The molecule has 1 heterocycles. The van der Waals surface area contributed by atoms with Crippen molar-refractivity contribution in [3.05, 3.63) is 149 Å². The van der Waals surface area contributed by atoms with E-state index in [0.29, 0.717) is 17.5 Å². The van der Waals surface area contributed by atoms with E-state index in [4.69, 9.17) is 15.0 Å². The van der Waals surface area contributed by atoms with Crippen molar-refractivity contribution in [1.29, 1.82) is 0 Å². The van der Waals surface area contributed by atoms with Crippen molar-refractivity contribution in [2.75, 3.05) is 0 Å². The lowest BCUT2D eigenvalue weighted by Crippen LogP contribution is -2.17. The molecule has 0 saturated carbocycles. The van der Waals surface area contributed by atoms with Gasteiger partial charge in [-0.15, -0.1) is 0 Å². The maximum Gasteiger partial charge on any atom is 0.209 e. The molecule has 5 aromatic carbocycles. The van der Waals surface area contributed by atoms with Gasteiger partial charge >= 0.3 is 0 Å². The highest BCUT2D eigenvalue weighted by Crippen LogP contribution is 2.55. The van der Waals surface area contributed by atoms with E-state index in [1.165, 1.54) is 44.5 Å². The molecule has 0 fully saturated rings. The molecule has 8 rings (SSSR count). The fourth-order valence-corrected chi connectivity index (χ4v) is 7.00. The van der Waals surface area contributed by atoms with Gasteiger partial charge in [0.15, 0.2) is 11.6 Å². The van der Waals surface area contributed by atoms with Crippen molar-refractivity contribution in [2.24, 2.45) is 0 Å². The lowest BCUT2D eigenvalue weighted by atomic mass is 9.79. The van der Waals surface area contributed by atoms with E-state index >= 15 is 0 Å². The minimum atomic E-state index is -0.146. The van der Waals surface area contributed by atoms with E-state index < -0.39 is 0 Å². The van der Waals surface area contributed by atoms with Gasteiger partial charge in [0, 0.05) is 27.5 Å². The number of nitrogens with zero attached hydrogens (tertiary/aromatic N) is 3. The molecule has 2 aliphatic rings. The van der Waals surface area contributed by atoms with Crippen LogP contribution >= 0.6 is 0 Å². The molecule has 2 aliphatic carbocycles. The second kappa shape index (κ2) is 9.59. The Labute approximate surface area is 258 Å². The molecule has 0 N–H and O–H groups in total. The Morgan fingerprint density at radius 2 is 0.932 bits per heavy atom. The summed E-state index contributed by atoms with van der Waals surface area (Å²) in [5.74, 6) is 8.34. The molecule has 0 radical (unpaired) electrons. The van der Waals surface area contributed by atoms with Gasteiger partial charge in [-0.1, -0.05) is 125 Å². The summed E-state index contributed by atoms with van der Waals surface area (Å²) < 4.78 is 0. The molecule has 3 heteroatoms. The molecule has 0 atom stereocenters. The molecule has 0 bridgehead atoms. The maximum absolute atomic E-state index is 4.78. The van der Waals surface area contributed by atoms with Gasteiger partial charge in [0.05, 0.1) is 0 Å². The molecule has 0 aliphatic heterocycles. The SMILES string of the molecule is CC1(C)c2ccccc2-c2cc3c(cc21)-c1ccc(C#Cc2nc(-c4ccccc4)nc(-c4ccccc4)n2)cc1C3(C)C. The minimum Gasteiger partial charge on any atom is -0.208 e. The average molecular weight is 566 g/mol. The van der Waals surface area contributed by atoms with E-state index in [1.807, 2.05) is 60.7 Å². The largest absolute Gasteiger partial charge is 0.209 e. The molecule has 0 spiro atoms. The van der Waals surface area contributed by atoms with Crippen LogP contribution in [0.4, 0.5) is 0 Å².